The molecule has 0 bridgehead atoms. The molecule has 2 aliphatic heterocycles. The Morgan fingerprint density at radius 3 is 2.79 bits per heavy atom. The summed E-state index contributed by atoms with van der Waals surface area (Å²) in [6.45, 7) is 4.32. The average molecular weight is 545 g/mol. The van der Waals surface area contributed by atoms with Gasteiger partial charge in [0.2, 0.25) is 5.91 Å². The molecule has 0 radical (unpaired) electrons. The highest BCUT2D eigenvalue weighted by Crippen LogP contribution is 2.53. The maximum Gasteiger partial charge on any atom is 0.407 e. The summed E-state index contributed by atoms with van der Waals surface area (Å²) in [5.41, 5.74) is 5.02. The molecule has 2 N–H and O–H groups in total. The zero-order chi connectivity index (χ0) is 27.0. The topological polar surface area (TPSA) is 96.6 Å². The molecule has 3 heterocycles. The van der Waals surface area contributed by atoms with Crippen LogP contribution in [0.25, 0.3) is 32.9 Å². The summed E-state index contributed by atoms with van der Waals surface area (Å²) in [5, 5.41) is 5.50. The number of halogens is 1. The summed E-state index contributed by atoms with van der Waals surface area (Å²) in [6.07, 6.45) is 1.25. The van der Waals surface area contributed by atoms with Crippen molar-refractivity contribution < 1.29 is 19.1 Å². The van der Waals surface area contributed by atoms with E-state index in [1.807, 2.05) is 43.0 Å². The molecule has 2 unspecified atom stereocenters. The predicted octanol–water partition coefficient (Wildman–Crippen LogP) is 5.97. The number of nitrogens with zero attached hydrogens (tertiary/aromatic N) is 2. The molecule has 7 rings (SSSR count). The highest BCUT2D eigenvalue weighted by atomic mass is 35.5. The summed E-state index contributed by atoms with van der Waals surface area (Å²) < 4.78 is 10.9. The van der Waals surface area contributed by atoms with Crippen molar-refractivity contribution in [3.05, 3.63) is 58.9 Å². The monoisotopic (exact) mass is 544 g/mol. The normalized spacial score (nSPS) is 21.8. The lowest BCUT2D eigenvalue weighted by Crippen LogP contribution is -2.52. The molecule has 1 saturated carbocycles. The van der Waals surface area contributed by atoms with Crippen LogP contribution in [-0.4, -0.2) is 46.1 Å². The van der Waals surface area contributed by atoms with E-state index in [1.165, 1.54) is 7.11 Å². The second-order valence-corrected chi connectivity index (χ2v) is 11.6. The fourth-order valence-corrected chi connectivity index (χ4v) is 6.50. The predicted molar refractivity (Wildman–Crippen MR) is 149 cm³/mol. The standard InChI is InChI=1S/C30H29ClN4O4/c1-14(2)26(34-30(37)38-3)29(36)35-23-10-16(23)11-24(35)28-32-22-7-4-15-9-21-19-6-5-18(31)8-17(19)13-39-25(21)12-20(15)27(22)33-28/h4-9,12,14,16,23-24,26H,10-11,13H2,1-3H3,(H,32,33)(H,34,37)/t16-,23?,24?,26+/m1/s1. The molecule has 4 aromatic rings. The summed E-state index contributed by atoms with van der Waals surface area (Å²) in [5.74, 6) is 1.89. The number of piperidine rings is 1. The Hall–Kier alpha value is -3.78. The number of benzene rings is 3. The molecule has 0 spiro atoms. The first kappa shape index (κ1) is 24.3. The molecule has 8 nitrogen and oxygen atoms in total. The van der Waals surface area contributed by atoms with Gasteiger partial charge in [-0.1, -0.05) is 37.6 Å². The molecule has 2 fully saturated rings. The number of ether oxygens (including phenoxy) is 2. The SMILES string of the molecule is COC(=O)N[C@H](C(=O)N1C(c2nc3c(ccc4cc5c(cc43)OCc3cc(Cl)ccc3-5)[nH]2)C[C@H]2CC21)C(C)C. The minimum atomic E-state index is -0.661. The Balaban J connectivity index is 1.26. The molecule has 1 saturated heterocycles. The van der Waals surface area contributed by atoms with Crippen LogP contribution in [0.1, 0.15) is 44.1 Å². The molecule has 4 atom stereocenters. The van der Waals surface area contributed by atoms with Gasteiger partial charge in [-0.2, -0.15) is 0 Å². The molecule has 3 aliphatic rings. The molecule has 9 heteroatoms. The molecule has 1 aliphatic carbocycles. The quantitative estimate of drug-likeness (QED) is 0.330. The van der Waals surface area contributed by atoms with E-state index in [9.17, 15) is 9.59 Å². The Bertz CT molecular complexity index is 1660. The van der Waals surface area contributed by atoms with Gasteiger partial charge in [0.1, 0.15) is 24.2 Å². The van der Waals surface area contributed by atoms with Crippen LogP contribution in [0, 0.1) is 11.8 Å². The van der Waals surface area contributed by atoms with Crippen LogP contribution in [-0.2, 0) is 16.1 Å². The first-order chi connectivity index (χ1) is 18.8. The van der Waals surface area contributed by atoms with Crippen LogP contribution in [0.15, 0.2) is 42.5 Å². The Labute approximate surface area is 230 Å². The van der Waals surface area contributed by atoms with Gasteiger partial charge >= 0.3 is 6.09 Å². The van der Waals surface area contributed by atoms with Crippen LogP contribution < -0.4 is 10.1 Å². The van der Waals surface area contributed by atoms with Crippen LogP contribution in [0.4, 0.5) is 4.79 Å². The second kappa shape index (κ2) is 8.88. The molecule has 3 aromatic carbocycles. The second-order valence-electron chi connectivity index (χ2n) is 11.2. The van der Waals surface area contributed by atoms with Gasteiger partial charge in [-0.25, -0.2) is 9.78 Å². The molecule has 200 valence electrons. The number of aromatic nitrogens is 2. The number of imidazole rings is 1. The molecular formula is C30H29ClN4O4. The van der Waals surface area contributed by atoms with E-state index in [1.54, 1.807) is 0 Å². The zero-order valence-electron chi connectivity index (χ0n) is 22.0. The summed E-state index contributed by atoms with van der Waals surface area (Å²) in [6, 6.07) is 13.6. The highest BCUT2D eigenvalue weighted by molar-refractivity contribution is 6.30. The number of nitrogens with one attached hydrogen (secondary N) is 2. The smallest absolute Gasteiger partial charge is 0.407 e. The Kier molecular flexibility index (Phi) is 5.53. The number of aromatic amines is 1. The lowest BCUT2D eigenvalue weighted by Gasteiger charge is -2.31. The van der Waals surface area contributed by atoms with E-state index >= 15 is 0 Å². The van der Waals surface area contributed by atoms with Gasteiger partial charge in [0.25, 0.3) is 0 Å². The molecule has 1 aromatic heterocycles. The number of rotatable bonds is 4. The van der Waals surface area contributed by atoms with Crippen LogP contribution >= 0.6 is 11.6 Å². The number of amides is 2. The molecule has 39 heavy (non-hydrogen) atoms. The van der Waals surface area contributed by atoms with E-state index in [0.717, 1.165) is 62.9 Å². The first-order valence-corrected chi connectivity index (χ1v) is 13.7. The van der Waals surface area contributed by atoms with Gasteiger partial charge in [0.15, 0.2) is 0 Å². The zero-order valence-corrected chi connectivity index (χ0v) is 22.7. The fourth-order valence-electron chi connectivity index (χ4n) is 6.31. The number of alkyl carbamates (subject to hydrolysis) is 1. The Morgan fingerprint density at radius 2 is 2.00 bits per heavy atom. The minimum Gasteiger partial charge on any atom is -0.488 e. The van der Waals surface area contributed by atoms with Crippen LogP contribution in [0.5, 0.6) is 5.75 Å². The van der Waals surface area contributed by atoms with Crippen molar-refractivity contribution in [3.8, 4) is 16.9 Å². The molecule has 2 amide bonds. The number of methoxy groups -OCH3 is 1. The summed E-state index contributed by atoms with van der Waals surface area (Å²) >= 11 is 6.21. The first-order valence-electron chi connectivity index (χ1n) is 13.4. The number of H-pyrrole nitrogens is 1. The van der Waals surface area contributed by atoms with E-state index in [-0.39, 0.29) is 23.9 Å². The van der Waals surface area contributed by atoms with Gasteiger partial charge in [-0.15, -0.1) is 0 Å². The summed E-state index contributed by atoms with van der Waals surface area (Å²) in [7, 11) is 1.31. The summed E-state index contributed by atoms with van der Waals surface area (Å²) in [4.78, 5) is 36.2. The van der Waals surface area contributed by atoms with Crippen molar-refractivity contribution in [1.82, 2.24) is 20.2 Å². The third-order valence-electron chi connectivity index (χ3n) is 8.39. The number of hydrogen-bond acceptors (Lipinski definition) is 5. The maximum atomic E-state index is 13.8. The number of likely N-dealkylation sites (tertiary alicyclic amines) is 1. The van der Waals surface area contributed by atoms with Gasteiger partial charge in [-0.05, 0) is 71.5 Å². The average Bonchev–Trinajstić information content (AvgIpc) is 3.37. The lowest BCUT2D eigenvalue weighted by molar-refractivity contribution is -0.136. The van der Waals surface area contributed by atoms with Crippen molar-refractivity contribution in [2.24, 2.45) is 11.8 Å². The third-order valence-corrected chi connectivity index (χ3v) is 8.63. The van der Waals surface area contributed by atoms with Gasteiger partial charge in [0, 0.05) is 22.0 Å². The van der Waals surface area contributed by atoms with Gasteiger partial charge in [-0.3, -0.25) is 4.79 Å². The van der Waals surface area contributed by atoms with Crippen molar-refractivity contribution in [1.29, 1.82) is 0 Å². The highest BCUT2D eigenvalue weighted by Gasteiger charge is 2.56. The maximum absolute atomic E-state index is 13.8. The van der Waals surface area contributed by atoms with E-state index in [0.29, 0.717) is 17.5 Å². The number of hydrogen-bond donors (Lipinski definition) is 2. The fraction of sp³-hybridized carbons (Fsp3) is 0.367. The van der Waals surface area contributed by atoms with Crippen LogP contribution in [0.3, 0.4) is 0 Å². The largest absolute Gasteiger partial charge is 0.488 e. The number of fused-ring (bicyclic) bond motifs is 7. The Morgan fingerprint density at radius 1 is 1.15 bits per heavy atom. The van der Waals surface area contributed by atoms with E-state index < -0.39 is 12.1 Å². The minimum absolute atomic E-state index is 0.0815. The molecular weight excluding hydrogens is 516 g/mol. The third kappa shape index (κ3) is 3.92. The van der Waals surface area contributed by atoms with E-state index in [4.69, 9.17) is 26.1 Å². The van der Waals surface area contributed by atoms with Crippen LogP contribution in [0.2, 0.25) is 5.02 Å². The van der Waals surface area contributed by atoms with Crippen molar-refractivity contribution in [2.75, 3.05) is 7.11 Å². The van der Waals surface area contributed by atoms with Gasteiger partial charge < -0.3 is 24.7 Å². The van der Waals surface area contributed by atoms with Crippen molar-refractivity contribution >= 4 is 45.4 Å². The van der Waals surface area contributed by atoms with Crippen molar-refractivity contribution in [2.45, 2.75) is 51.4 Å². The van der Waals surface area contributed by atoms with Crippen molar-refractivity contribution in [3.63, 3.8) is 0 Å². The lowest BCUT2D eigenvalue weighted by atomic mass is 9.94. The number of carbonyl (C=O) groups excluding carboxylic acids is 2. The van der Waals surface area contributed by atoms with Gasteiger partial charge in [0.05, 0.1) is 24.2 Å². The van der Waals surface area contributed by atoms with E-state index in [2.05, 4.69) is 28.5 Å². The number of carbonyl (C=O) groups is 2.